The Balaban J connectivity index is 1.64. The number of benzene rings is 2. The lowest BCUT2D eigenvalue weighted by molar-refractivity contribution is 0.0439. The van der Waals surface area contributed by atoms with E-state index in [-0.39, 0.29) is 23.0 Å². The van der Waals surface area contributed by atoms with Crippen LogP contribution in [0, 0.1) is 0 Å². The second kappa shape index (κ2) is 6.88. The molecule has 2 N–H and O–H groups in total. The number of rotatable bonds is 5. The molecule has 0 aliphatic carbocycles. The van der Waals surface area contributed by atoms with Crippen LogP contribution in [-0.2, 0) is 21.4 Å². The van der Waals surface area contributed by atoms with Gasteiger partial charge in [-0.2, -0.15) is 0 Å². The molecule has 25 heavy (non-hydrogen) atoms. The van der Waals surface area contributed by atoms with Crippen molar-refractivity contribution in [1.29, 1.82) is 0 Å². The van der Waals surface area contributed by atoms with Gasteiger partial charge in [0.25, 0.3) is 0 Å². The zero-order valence-corrected chi connectivity index (χ0v) is 13.8. The number of carbonyl (C=O) groups excluding carboxylic acids is 1. The van der Waals surface area contributed by atoms with Crippen molar-refractivity contribution in [2.75, 3.05) is 0 Å². The predicted octanol–water partition coefficient (Wildman–Crippen LogP) is 2.35. The molecule has 0 aliphatic heterocycles. The third-order valence-corrected chi connectivity index (χ3v) is 4.29. The van der Waals surface area contributed by atoms with Crippen LogP contribution in [0.3, 0.4) is 0 Å². The molecule has 1 aromatic heterocycles. The fourth-order valence-electron chi connectivity index (χ4n) is 2.10. The number of nitrogens with zero attached hydrogens (tertiary/aromatic N) is 1. The van der Waals surface area contributed by atoms with E-state index in [0.717, 1.165) is 5.56 Å². The number of aromatic nitrogens is 1. The average molecular weight is 358 g/mol. The molecule has 1 heterocycles. The van der Waals surface area contributed by atoms with Gasteiger partial charge in [0, 0.05) is 5.56 Å². The van der Waals surface area contributed by atoms with Crippen LogP contribution in [0.15, 0.2) is 70.1 Å². The molecule has 0 fully saturated rings. The minimum atomic E-state index is -3.80. The normalized spacial score (nSPS) is 11.2. The van der Waals surface area contributed by atoms with Crippen LogP contribution >= 0.6 is 0 Å². The van der Waals surface area contributed by atoms with Gasteiger partial charge in [-0.25, -0.2) is 23.3 Å². The van der Waals surface area contributed by atoms with Gasteiger partial charge in [-0.05, 0) is 24.3 Å². The summed E-state index contributed by atoms with van der Waals surface area (Å²) in [6.07, 6.45) is 1.55. The molecule has 0 bridgehead atoms. The number of ether oxygens (including phenoxy) is 1. The minimum absolute atomic E-state index is 0.0794. The number of hydrogen-bond acceptors (Lipinski definition) is 6. The third kappa shape index (κ3) is 4.11. The summed E-state index contributed by atoms with van der Waals surface area (Å²) in [6, 6.07) is 14.5. The zero-order valence-electron chi connectivity index (χ0n) is 13.0. The summed E-state index contributed by atoms with van der Waals surface area (Å²) in [5.74, 6) is 0.206. The van der Waals surface area contributed by atoms with E-state index in [9.17, 15) is 13.2 Å². The topological polar surface area (TPSA) is 112 Å². The average Bonchev–Trinajstić information content (AvgIpc) is 3.09. The lowest BCUT2D eigenvalue weighted by Gasteiger charge is -2.03. The van der Waals surface area contributed by atoms with E-state index in [1.165, 1.54) is 24.3 Å². The van der Waals surface area contributed by atoms with E-state index < -0.39 is 16.0 Å². The van der Waals surface area contributed by atoms with Crippen molar-refractivity contribution in [1.82, 2.24) is 4.98 Å². The van der Waals surface area contributed by atoms with Crippen molar-refractivity contribution in [3.63, 3.8) is 0 Å². The highest BCUT2D eigenvalue weighted by Crippen LogP contribution is 2.20. The highest BCUT2D eigenvalue weighted by Gasteiger charge is 2.13. The fraction of sp³-hybridized carbons (Fsp3) is 0.0588. The Kier molecular flexibility index (Phi) is 4.64. The number of primary sulfonamides is 1. The first-order chi connectivity index (χ1) is 11.9. The van der Waals surface area contributed by atoms with E-state index in [1.54, 1.807) is 6.20 Å². The molecule has 3 aromatic rings. The summed E-state index contributed by atoms with van der Waals surface area (Å²) >= 11 is 0. The third-order valence-electron chi connectivity index (χ3n) is 3.36. The van der Waals surface area contributed by atoms with Crippen LogP contribution in [0.1, 0.15) is 16.2 Å². The smallest absolute Gasteiger partial charge is 0.338 e. The Morgan fingerprint density at radius 1 is 1.08 bits per heavy atom. The van der Waals surface area contributed by atoms with Crippen LogP contribution in [0.5, 0.6) is 0 Å². The SMILES string of the molecule is NS(=O)(=O)c1ccc(C(=O)OCc2ncc(-c3ccccc3)o2)cc1. The number of nitrogens with two attached hydrogens (primary N) is 1. The summed E-state index contributed by atoms with van der Waals surface area (Å²) < 4.78 is 33.0. The largest absolute Gasteiger partial charge is 0.452 e. The summed E-state index contributed by atoms with van der Waals surface area (Å²) in [6.45, 7) is -0.136. The van der Waals surface area contributed by atoms with Crippen LogP contribution < -0.4 is 5.14 Å². The standard InChI is InChI=1S/C17H14N2O5S/c18-25(21,22)14-8-6-13(7-9-14)17(20)23-11-16-19-10-15(24-16)12-4-2-1-3-5-12/h1-10H,11H2,(H2,18,21,22). The van der Waals surface area contributed by atoms with E-state index in [4.69, 9.17) is 14.3 Å². The molecule has 0 saturated carbocycles. The maximum absolute atomic E-state index is 12.0. The van der Waals surface area contributed by atoms with Crippen molar-refractivity contribution in [3.05, 3.63) is 72.2 Å². The number of esters is 1. The van der Waals surface area contributed by atoms with Crippen molar-refractivity contribution in [2.45, 2.75) is 11.5 Å². The van der Waals surface area contributed by atoms with Gasteiger partial charge in [-0.3, -0.25) is 0 Å². The van der Waals surface area contributed by atoms with E-state index >= 15 is 0 Å². The molecule has 8 heteroatoms. The zero-order chi connectivity index (χ0) is 17.9. The number of carbonyl (C=O) groups is 1. The molecule has 0 spiro atoms. The van der Waals surface area contributed by atoms with Crippen molar-refractivity contribution < 1.29 is 22.4 Å². The lowest BCUT2D eigenvalue weighted by Crippen LogP contribution is -2.12. The van der Waals surface area contributed by atoms with Crippen LogP contribution in [0.25, 0.3) is 11.3 Å². The van der Waals surface area contributed by atoms with Crippen LogP contribution in [0.2, 0.25) is 0 Å². The Morgan fingerprint density at radius 3 is 2.40 bits per heavy atom. The van der Waals surface area contributed by atoms with Gasteiger partial charge in [-0.1, -0.05) is 30.3 Å². The summed E-state index contributed by atoms with van der Waals surface area (Å²) in [4.78, 5) is 16.0. The Morgan fingerprint density at radius 2 is 1.76 bits per heavy atom. The predicted molar refractivity (Wildman–Crippen MR) is 88.9 cm³/mol. The molecule has 128 valence electrons. The second-order valence-electron chi connectivity index (χ2n) is 5.13. The maximum atomic E-state index is 12.0. The Labute approximate surface area is 144 Å². The summed E-state index contributed by atoms with van der Waals surface area (Å²) in [5.41, 5.74) is 1.06. The molecular formula is C17H14N2O5S. The second-order valence-corrected chi connectivity index (χ2v) is 6.69. The highest BCUT2D eigenvalue weighted by molar-refractivity contribution is 7.89. The maximum Gasteiger partial charge on any atom is 0.338 e. The number of sulfonamides is 1. The van der Waals surface area contributed by atoms with E-state index in [0.29, 0.717) is 5.76 Å². The molecule has 2 aromatic carbocycles. The highest BCUT2D eigenvalue weighted by atomic mass is 32.2. The van der Waals surface area contributed by atoms with Gasteiger partial charge in [0.15, 0.2) is 12.4 Å². The molecule has 7 nitrogen and oxygen atoms in total. The Hall–Kier alpha value is -2.97. The fourth-order valence-corrected chi connectivity index (χ4v) is 2.62. The van der Waals surface area contributed by atoms with Crippen LogP contribution in [-0.4, -0.2) is 19.4 Å². The van der Waals surface area contributed by atoms with Crippen LogP contribution in [0.4, 0.5) is 0 Å². The molecule has 0 aliphatic rings. The van der Waals surface area contributed by atoms with Gasteiger partial charge in [0.1, 0.15) is 0 Å². The summed E-state index contributed by atoms with van der Waals surface area (Å²) in [5, 5.41) is 5.00. The van der Waals surface area contributed by atoms with Gasteiger partial charge in [0.05, 0.1) is 16.7 Å². The van der Waals surface area contributed by atoms with Crippen molar-refractivity contribution in [3.8, 4) is 11.3 Å². The molecule has 0 radical (unpaired) electrons. The Bertz CT molecular complexity index is 979. The molecule has 0 unspecified atom stereocenters. The van der Waals surface area contributed by atoms with Gasteiger partial charge >= 0.3 is 5.97 Å². The lowest BCUT2D eigenvalue weighted by atomic mass is 10.2. The molecule has 0 saturated heterocycles. The quantitative estimate of drug-likeness (QED) is 0.701. The van der Waals surface area contributed by atoms with Crippen molar-refractivity contribution >= 4 is 16.0 Å². The first-order valence-corrected chi connectivity index (χ1v) is 8.78. The number of oxazole rings is 1. The first-order valence-electron chi connectivity index (χ1n) is 7.23. The minimum Gasteiger partial charge on any atom is -0.452 e. The van der Waals surface area contributed by atoms with E-state index in [2.05, 4.69) is 4.98 Å². The van der Waals surface area contributed by atoms with Crippen molar-refractivity contribution in [2.24, 2.45) is 5.14 Å². The monoisotopic (exact) mass is 358 g/mol. The van der Waals surface area contributed by atoms with Gasteiger partial charge < -0.3 is 9.15 Å². The molecule has 3 rings (SSSR count). The summed E-state index contributed by atoms with van der Waals surface area (Å²) in [7, 11) is -3.80. The first kappa shape index (κ1) is 16.9. The van der Waals surface area contributed by atoms with E-state index in [1.807, 2.05) is 30.3 Å². The molecular weight excluding hydrogens is 344 g/mol. The number of hydrogen-bond donors (Lipinski definition) is 1. The molecule has 0 atom stereocenters. The van der Waals surface area contributed by atoms with Gasteiger partial charge in [0.2, 0.25) is 15.9 Å². The van der Waals surface area contributed by atoms with Gasteiger partial charge in [-0.15, -0.1) is 0 Å². The molecule has 0 amide bonds.